The molecule has 3 N–H and O–H groups in total. The van der Waals surface area contributed by atoms with Crippen molar-refractivity contribution in [2.75, 3.05) is 13.2 Å². The quantitative estimate of drug-likeness (QED) is 0.632. The molecule has 17 heavy (non-hydrogen) atoms. The van der Waals surface area contributed by atoms with Crippen LogP contribution < -0.4 is 11.2 Å². The van der Waals surface area contributed by atoms with E-state index in [2.05, 4.69) is 4.98 Å². The molecule has 1 aromatic heterocycles. The zero-order valence-corrected chi connectivity index (χ0v) is 9.59. The molecule has 94 valence electrons. The highest BCUT2D eigenvalue weighted by molar-refractivity contribution is 5.04. The molecule has 0 aromatic carbocycles. The number of aryl methyl sites for hydroxylation is 1. The number of H-pyrrole nitrogens is 1. The lowest BCUT2D eigenvalue weighted by molar-refractivity contribution is -0.0101. The minimum absolute atomic E-state index is 0.0276. The van der Waals surface area contributed by atoms with Crippen LogP contribution in [0.3, 0.4) is 0 Å². The summed E-state index contributed by atoms with van der Waals surface area (Å²) < 4.78 is 1.16. The Morgan fingerprint density at radius 3 is 2.71 bits per heavy atom. The zero-order chi connectivity index (χ0) is 12.6. The molecule has 0 radical (unpaired) electrons. The lowest BCUT2D eigenvalue weighted by atomic mass is 9.70. The average molecular weight is 240 g/mol. The molecule has 6 nitrogen and oxygen atoms in total. The molecule has 1 aliphatic carbocycles. The summed E-state index contributed by atoms with van der Waals surface area (Å²) in [5.41, 5.74) is -0.317. The average Bonchev–Trinajstić information content (AvgIpc) is 2.28. The van der Waals surface area contributed by atoms with Gasteiger partial charge in [-0.1, -0.05) is 0 Å². The molecule has 0 amide bonds. The summed E-state index contributed by atoms with van der Waals surface area (Å²) in [6.45, 7) is 1.47. The van der Waals surface area contributed by atoms with Gasteiger partial charge in [-0.25, -0.2) is 4.79 Å². The third-order valence-electron chi connectivity index (χ3n) is 3.61. The summed E-state index contributed by atoms with van der Waals surface area (Å²) in [6.07, 6.45) is 1.94. The summed E-state index contributed by atoms with van der Waals surface area (Å²) in [4.78, 5) is 26.0. The summed E-state index contributed by atoms with van der Waals surface area (Å²) in [5.74, 6) is -0.252. The van der Waals surface area contributed by atoms with Gasteiger partial charge in [-0.05, 0) is 19.3 Å². The molecular formula is C11H16N2O4. The topological polar surface area (TPSA) is 95.3 Å². The predicted octanol–water partition coefficient (Wildman–Crippen LogP) is -0.993. The largest absolute Gasteiger partial charge is 0.396 e. The molecule has 2 rings (SSSR count). The molecule has 0 spiro atoms. The maximum absolute atomic E-state index is 11.9. The molecule has 3 unspecified atom stereocenters. The fourth-order valence-corrected chi connectivity index (χ4v) is 2.44. The number of nitrogens with zero attached hydrogens (tertiary/aromatic N) is 1. The third-order valence-corrected chi connectivity index (χ3v) is 3.61. The summed E-state index contributed by atoms with van der Waals surface area (Å²) in [5, 5.41) is 18.3. The standard InChI is InChI=1S/C11H16N2O4/c1-6-3-12-11(17)13(10(6)16)9-2-7(4-14)8(9)5-15/h3,7-9,14-15H,2,4-5H2,1H3,(H,12,17). The van der Waals surface area contributed by atoms with Crippen LogP contribution >= 0.6 is 0 Å². The minimum atomic E-state index is -0.458. The Kier molecular flexibility index (Phi) is 3.17. The van der Waals surface area contributed by atoms with Crippen molar-refractivity contribution < 1.29 is 10.2 Å². The van der Waals surface area contributed by atoms with Gasteiger partial charge in [0.2, 0.25) is 0 Å². The molecular weight excluding hydrogens is 224 g/mol. The second-order valence-electron chi connectivity index (χ2n) is 4.54. The third kappa shape index (κ3) is 1.83. The van der Waals surface area contributed by atoms with Gasteiger partial charge < -0.3 is 15.2 Å². The van der Waals surface area contributed by atoms with Crippen LogP contribution in [-0.4, -0.2) is 33.0 Å². The van der Waals surface area contributed by atoms with Crippen LogP contribution in [0.2, 0.25) is 0 Å². The van der Waals surface area contributed by atoms with Crippen LogP contribution in [-0.2, 0) is 0 Å². The van der Waals surface area contributed by atoms with Gasteiger partial charge in [-0.3, -0.25) is 9.36 Å². The van der Waals surface area contributed by atoms with E-state index < -0.39 is 5.69 Å². The Morgan fingerprint density at radius 1 is 1.41 bits per heavy atom. The van der Waals surface area contributed by atoms with E-state index in [4.69, 9.17) is 5.11 Å². The van der Waals surface area contributed by atoms with E-state index in [0.29, 0.717) is 12.0 Å². The van der Waals surface area contributed by atoms with Gasteiger partial charge in [-0.2, -0.15) is 0 Å². The van der Waals surface area contributed by atoms with Crippen molar-refractivity contribution in [2.45, 2.75) is 19.4 Å². The van der Waals surface area contributed by atoms with E-state index in [1.165, 1.54) is 6.20 Å². The van der Waals surface area contributed by atoms with Crippen LogP contribution in [0.5, 0.6) is 0 Å². The van der Waals surface area contributed by atoms with E-state index in [1.54, 1.807) is 6.92 Å². The lowest BCUT2D eigenvalue weighted by Crippen LogP contribution is -2.51. The second-order valence-corrected chi connectivity index (χ2v) is 4.54. The Balaban J connectivity index is 2.40. The number of hydrogen-bond donors (Lipinski definition) is 3. The lowest BCUT2D eigenvalue weighted by Gasteiger charge is -2.43. The fraction of sp³-hybridized carbons (Fsp3) is 0.636. The smallest absolute Gasteiger partial charge is 0.328 e. The first-order chi connectivity index (χ1) is 8.10. The number of aliphatic hydroxyl groups is 2. The van der Waals surface area contributed by atoms with Crippen molar-refractivity contribution in [1.29, 1.82) is 0 Å². The van der Waals surface area contributed by atoms with Gasteiger partial charge in [0.25, 0.3) is 5.56 Å². The molecule has 1 aromatic rings. The Hall–Kier alpha value is -1.40. The van der Waals surface area contributed by atoms with E-state index in [1.807, 2.05) is 0 Å². The van der Waals surface area contributed by atoms with E-state index in [9.17, 15) is 14.7 Å². The molecule has 1 heterocycles. The van der Waals surface area contributed by atoms with Crippen molar-refractivity contribution in [3.8, 4) is 0 Å². The summed E-state index contributed by atoms with van der Waals surface area (Å²) >= 11 is 0. The van der Waals surface area contributed by atoms with E-state index in [0.717, 1.165) is 4.57 Å². The van der Waals surface area contributed by atoms with Crippen LogP contribution in [0.25, 0.3) is 0 Å². The van der Waals surface area contributed by atoms with Crippen molar-refractivity contribution in [3.63, 3.8) is 0 Å². The monoisotopic (exact) mass is 240 g/mol. The van der Waals surface area contributed by atoms with Crippen molar-refractivity contribution in [2.24, 2.45) is 11.8 Å². The normalized spacial score (nSPS) is 27.8. The van der Waals surface area contributed by atoms with Crippen molar-refractivity contribution in [1.82, 2.24) is 9.55 Å². The molecule has 1 saturated carbocycles. The van der Waals surface area contributed by atoms with Crippen LogP contribution in [0, 0.1) is 18.8 Å². The number of rotatable bonds is 3. The van der Waals surface area contributed by atoms with Gasteiger partial charge in [0, 0.05) is 36.9 Å². The minimum Gasteiger partial charge on any atom is -0.396 e. The number of hydrogen-bond acceptors (Lipinski definition) is 4. The van der Waals surface area contributed by atoms with Crippen molar-refractivity contribution >= 4 is 0 Å². The van der Waals surface area contributed by atoms with Crippen molar-refractivity contribution in [3.05, 3.63) is 32.6 Å². The fourth-order valence-electron chi connectivity index (χ4n) is 2.44. The molecule has 0 saturated heterocycles. The maximum Gasteiger partial charge on any atom is 0.328 e. The number of nitrogens with one attached hydrogen (secondary N) is 1. The highest BCUT2D eigenvalue weighted by atomic mass is 16.3. The van der Waals surface area contributed by atoms with E-state index in [-0.39, 0.29) is 36.7 Å². The first kappa shape index (κ1) is 12.1. The van der Waals surface area contributed by atoms with Gasteiger partial charge in [0.05, 0.1) is 0 Å². The number of aliphatic hydroxyl groups excluding tert-OH is 2. The molecule has 0 aliphatic heterocycles. The SMILES string of the molecule is Cc1c[nH]c(=O)n(C2CC(CO)C2CO)c1=O. The molecule has 0 bridgehead atoms. The van der Waals surface area contributed by atoms with Crippen LogP contribution in [0.1, 0.15) is 18.0 Å². The number of aromatic nitrogens is 2. The first-order valence-corrected chi connectivity index (χ1v) is 5.62. The second kappa shape index (κ2) is 4.46. The molecule has 1 aliphatic rings. The van der Waals surface area contributed by atoms with Gasteiger partial charge in [0.15, 0.2) is 0 Å². The molecule has 1 fully saturated rings. The number of aromatic amines is 1. The highest BCUT2D eigenvalue weighted by Gasteiger charge is 2.42. The van der Waals surface area contributed by atoms with Gasteiger partial charge in [0.1, 0.15) is 0 Å². The van der Waals surface area contributed by atoms with Crippen LogP contribution in [0.15, 0.2) is 15.8 Å². The predicted molar refractivity (Wildman–Crippen MR) is 60.9 cm³/mol. The Morgan fingerprint density at radius 2 is 2.12 bits per heavy atom. The Bertz CT molecular complexity index is 519. The molecule has 6 heteroatoms. The summed E-state index contributed by atoms with van der Waals surface area (Å²) in [6, 6.07) is -0.312. The van der Waals surface area contributed by atoms with Gasteiger partial charge >= 0.3 is 5.69 Å². The first-order valence-electron chi connectivity index (χ1n) is 5.62. The maximum atomic E-state index is 11.9. The summed E-state index contributed by atoms with van der Waals surface area (Å²) in [7, 11) is 0. The zero-order valence-electron chi connectivity index (χ0n) is 9.59. The van der Waals surface area contributed by atoms with E-state index >= 15 is 0 Å². The highest BCUT2D eigenvalue weighted by Crippen LogP contribution is 2.42. The Labute approximate surface area is 97.5 Å². The van der Waals surface area contributed by atoms with Crippen LogP contribution in [0.4, 0.5) is 0 Å². The van der Waals surface area contributed by atoms with Gasteiger partial charge in [-0.15, -0.1) is 0 Å². The molecule has 3 atom stereocenters.